The van der Waals surface area contributed by atoms with E-state index in [-0.39, 0.29) is 11.8 Å². The Morgan fingerprint density at radius 1 is 0.460 bits per heavy atom. The summed E-state index contributed by atoms with van der Waals surface area (Å²) in [5.41, 5.74) is 10.3. The molecule has 0 radical (unpaired) electrons. The lowest BCUT2D eigenvalue weighted by Gasteiger charge is -2.18. The molecule has 9 rings (SSSR count). The van der Waals surface area contributed by atoms with Gasteiger partial charge in [0.05, 0.1) is 40.1 Å². The number of benzene rings is 7. The van der Waals surface area contributed by atoms with Crippen LogP contribution < -0.4 is 4.90 Å². The predicted molar refractivity (Wildman–Crippen MR) is 201 cm³/mol. The summed E-state index contributed by atoms with van der Waals surface area (Å²) in [5.74, 6) is -0.700. The molecule has 0 bridgehead atoms. The van der Waals surface area contributed by atoms with Crippen LogP contribution in [0.5, 0.6) is 0 Å². The first-order chi connectivity index (χ1) is 24.6. The summed E-state index contributed by atoms with van der Waals surface area (Å²) in [7, 11) is 0. The smallest absolute Gasteiger partial charge is 0.268 e. The highest BCUT2D eigenvalue weighted by Crippen LogP contribution is 2.40. The van der Waals surface area contributed by atoms with Gasteiger partial charge in [-0.25, -0.2) is 9.74 Å². The van der Waals surface area contributed by atoms with Gasteiger partial charge in [0, 0.05) is 10.8 Å². The SMILES string of the molecule is [C-]#[N+]c1ccc(-c2ccc3c(c2)c2ccccc2n3-c2cccc3c2C(=O)N(c2cc(-c4ccccc4)cc(-c4ccccc4)c2)C3=O)cc1. The van der Waals surface area contributed by atoms with Gasteiger partial charge in [-0.05, 0) is 81.9 Å². The summed E-state index contributed by atoms with van der Waals surface area (Å²) in [6, 6.07) is 53.5. The molecule has 1 aliphatic heterocycles. The normalized spacial score (nSPS) is 12.4. The van der Waals surface area contributed by atoms with Gasteiger partial charge in [-0.15, -0.1) is 0 Å². The molecule has 0 saturated heterocycles. The van der Waals surface area contributed by atoms with Gasteiger partial charge in [0.15, 0.2) is 5.69 Å². The Hall–Kier alpha value is -7.03. The number of para-hydroxylation sites is 1. The minimum absolute atomic E-state index is 0.345. The Balaban J connectivity index is 1.21. The van der Waals surface area contributed by atoms with Crippen molar-refractivity contribution in [2.75, 3.05) is 4.90 Å². The van der Waals surface area contributed by atoms with Gasteiger partial charge in [-0.1, -0.05) is 115 Å². The van der Waals surface area contributed by atoms with Crippen molar-refractivity contribution in [3.63, 3.8) is 0 Å². The first-order valence-corrected chi connectivity index (χ1v) is 16.4. The second kappa shape index (κ2) is 11.6. The van der Waals surface area contributed by atoms with Gasteiger partial charge in [-0.3, -0.25) is 9.59 Å². The fourth-order valence-electron chi connectivity index (χ4n) is 7.16. The molecule has 2 amide bonds. The van der Waals surface area contributed by atoms with Gasteiger partial charge in [0.2, 0.25) is 0 Å². The van der Waals surface area contributed by atoms with Crippen LogP contribution >= 0.6 is 0 Å². The maximum atomic E-state index is 14.7. The molecule has 5 nitrogen and oxygen atoms in total. The van der Waals surface area contributed by atoms with E-state index in [0.29, 0.717) is 28.2 Å². The highest BCUT2D eigenvalue weighted by atomic mass is 16.2. The van der Waals surface area contributed by atoms with Crippen LogP contribution in [0.1, 0.15) is 20.7 Å². The number of amides is 2. The lowest BCUT2D eigenvalue weighted by Crippen LogP contribution is -2.29. The van der Waals surface area contributed by atoms with Crippen molar-refractivity contribution >= 4 is 45.0 Å². The largest absolute Gasteiger partial charge is 0.308 e. The van der Waals surface area contributed by atoms with Crippen LogP contribution in [0.3, 0.4) is 0 Å². The summed E-state index contributed by atoms with van der Waals surface area (Å²) in [4.78, 5) is 33.8. The van der Waals surface area contributed by atoms with E-state index in [1.165, 1.54) is 4.90 Å². The molecule has 0 fully saturated rings. The molecule has 0 unspecified atom stereocenters. The Bertz CT molecular complexity index is 2630. The molecule has 0 aliphatic carbocycles. The standard InChI is InChI=1S/C45H27N3O2/c1-46-35-22-19-31(20-23-35)32-21-24-41-39(28-32)37-15-8-9-17-40(37)48(41)42-18-10-16-38-43(42)45(50)47(44(38)49)36-26-33(29-11-4-2-5-12-29)25-34(27-36)30-13-6-3-7-14-30/h2-28H. The number of hydrogen-bond acceptors (Lipinski definition) is 2. The first-order valence-electron chi connectivity index (χ1n) is 16.4. The van der Waals surface area contributed by atoms with E-state index in [1.54, 1.807) is 6.07 Å². The fourth-order valence-corrected chi connectivity index (χ4v) is 7.16. The number of rotatable bonds is 5. The molecule has 1 aliphatic rings. The number of anilines is 1. The van der Waals surface area contributed by atoms with Crippen LogP contribution in [-0.2, 0) is 0 Å². The van der Waals surface area contributed by atoms with Gasteiger partial charge in [0.1, 0.15) is 0 Å². The molecule has 8 aromatic rings. The number of carbonyl (C=O) groups is 2. The maximum Gasteiger partial charge on any atom is 0.268 e. The number of fused-ring (bicyclic) bond motifs is 4. The summed E-state index contributed by atoms with van der Waals surface area (Å²) in [6.07, 6.45) is 0. The molecule has 0 atom stereocenters. The average Bonchev–Trinajstić information content (AvgIpc) is 3.65. The Kier molecular flexibility index (Phi) is 6.75. The molecule has 2 heterocycles. The van der Waals surface area contributed by atoms with Crippen LogP contribution in [-0.4, -0.2) is 16.4 Å². The van der Waals surface area contributed by atoms with Crippen LogP contribution in [0.4, 0.5) is 11.4 Å². The third kappa shape index (κ3) is 4.62. The maximum absolute atomic E-state index is 14.7. The molecule has 0 N–H and O–H groups in total. The van der Waals surface area contributed by atoms with E-state index >= 15 is 0 Å². The zero-order chi connectivity index (χ0) is 33.8. The molecular weight excluding hydrogens is 615 g/mol. The van der Waals surface area contributed by atoms with E-state index in [9.17, 15) is 9.59 Å². The van der Waals surface area contributed by atoms with E-state index in [0.717, 1.165) is 55.2 Å². The predicted octanol–water partition coefficient (Wildman–Crippen LogP) is 11.1. The molecule has 5 heteroatoms. The second-order valence-corrected chi connectivity index (χ2v) is 12.4. The average molecular weight is 642 g/mol. The Morgan fingerprint density at radius 2 is 1.06 bits per heavy atom. The molecule has 234 valence electrons. The quantitative estimate of drug-likeness (QED) is 0.139. The molecule has 50 heavy (non-hydrogen) atoms. The summed E-state index contributed by atoms with van der Waals surface area (Å²) in [5, 5.41) is 2.07. The van der Waals surface area contributed by atoms with Gasteiger partial charge in [-0.2, -0.15) is 0 Å². The number of nitrogens with zero attached hydrogens (tertiary/aromatic N) is 3. The number of hydrogen-bond donors (Lipinski definition) is 0. The van der Waals surface area contributed by atoms with Crippen LogP contribution in [0.25, 0.3) is 65.7 Å². The Morgan fingerprint density at radius 3 is 1.74 bits per heavy atom. The third-order valence-corrected chi connectivity index (χ3v) is 9.53. The minimum Gasteiger partial charge on any atom is -0.308 e. The van der Waals surface area contributed by atoms with Crippen molar-refractivity contribution in [3.05, 3.63) is 186 Å². The van der Waals surface area contributed by atoms with Crippen molar-refractivity contribution in [3.8, 4) is 39.1 Å². The lowest BCUT2D eigenvalue weighted by atomic mass is 9.97. The van der Waals surface area contributed by atoms with Gasteiger partial charge >= 0.3 is 0 Å². The summed E-state index contributed by atoms with van der Waals surface area (Å²) >= 11 is 0. The fraction of sp³-hybridized carbons (Fsp3) is 0. The highest BCUT2D eigenvalue weighted by molar-refractivity contribution is 6.36. The zero-order valence-corrected chi connectivity index (χ0v) is 26.7. The first kappa shape index (κ1) is 29.1. The van der Waals surface area contributed by atoms with Crippen LogP contribution in [0.15, 0.2) is 164 Å². The van der Waals surface area contributed by atoms with Gasteiger partial charge < -0.3 is 4.57 Å². The number of aromatic nitrogens is 1. The Labute approximate surface area is 288 Å². The van der Waals surface area contributed by atoms with E-state index in [1.807, 2.05) is 127 Å². The molecular formula is C45H27N3O2. The van der Waals surface area contributed by atoms with Crippen LogP contribution in [0, 0.1) is 6.57 Å². The highest BCUT2D eigenvalue weighted by Gasteiger charge is 2.39. The lowest BCUT2D eigenvalue weighted by molar-refractivity contribution is 0.0926. The van der Waals surface area contributed by atoms with Crippen molar-refractivity contribution < 1.29 is 9.59 Å². The van der Waals surface area contributed by atoms with Crippen molar-refractivity contribution in [1.82, 2.24) is 4.57 Å². The summed E-state index contributed by atoms with van der Waals surface area (Å²) < 4.78 is 2.10. The van der Waals surface area contributed by atoms with Crippen molar-refractivity contribution in [2.45, 2.75) is 0 Å². The summed E-state index contributed by atoms with van der Waals surface area (Å²) in [6.45, 7) is 7.31. The second-order valence-electron chi connectivity index (χ2n) is 12.4. The van der Waals surface area contributed by atoms with E-state index in [4.69, 9.17) is 6.57 Å². The van der Waals surface area contributed by atoms with Crippen molar-refractivity contribution in [2.24, 2.45) is 0 Å². The van der Waals surface area contributed by atoms with Gasteiger partial charge in [0.25, 0.3) is 11.8 Å². The van der Waals surface area contributed by atoms with E-state index in [2.05, 4.69) is 39.7 Å². The number of imide groups is 1. The molecule has 0 saturated carbocycles. The monoisotopic (exact) mass is 641 g/mol. The van der Waals surface area contributed by atoms with E-state index < -0.39 is 0 Å². The minimum atomic E-state index is -0.354. The molecule has 0 spiro atoms. The molecule has 1 aromatic heterocycles. The third-order valence-electron chi connectivity index (χ3n) is 9.53. The zero-order valence-electron chi connectivity index (χ0n) is 26.7. The molecule has 7 aromatic carbocycles. The van der Waals surface area contributed by atoms with Crippen molar-refractivity contribution in [1.29, 1.82) is 0 Å². The topological polar surface area (TPSA) is 46.7 Å². The number of carbonyl (C=O) groups excluding carboxylic acids is 2. The van der Waals surface area contributed by atoms with Crippen LogP contribution in [0.2, 0.25) is 0 Å².